The van der Waals surface area contributed by atoms with Crippen LogP contribution in [0.5, 0.6) is 0 Å². The highest BCUT2D eigenvalue weighted by molar-refractivity contribution is 5.95. The first-order valence-electron chi connectivity index (χ1n) is 7.06. The van der Waals surface area contributed by atoms with Crippen molar-refractivity contribution < 1.29 is 9.18 Å². The summed E-state index contributed by atoms with van der Waals surface area (Å²) in [6.07, 6.45) is 0. The summed E-state index contributed by atoms with van der Waals surface area (Å²) in [6, 6.07) is 17.6. The number of aromatic nitrogens is 2. The number of hydrogen-bond acceptors (Lipinski definition) is 3. The van der Waals surface area contributed by atoms with Crippen molar-refractivity contribution in [3.05, 3.63) is 88.5 Å². The van der Waals surface area contributed by atoms with Gasteiger partial charge in [-0.3, -0.25) is 9.59 Å². The highest BCUT2D eigenvalue weighted by Gasteiger charge is 2.10. The summed E-state index contributed by atoms with van der Waals surface area (Å²) in [5.41, 5.74) is 1.44. The average Bonchev–Trinajstić information content (AvgIpc) is 2.58. The SMILES string of the molecule is O=C(Cn1nc(-c2ccccc2)ccc1=O)c1ccc(F)cc1. The fourth-order valence-corrected chi connectivity index (χ4v) is 2.19. The largest absolute Gasteiger partial charge is 0.292 e. The summed E-state index contributed by atoms with van der Waals surface area (Å²) < 4.78 is 14.0. The lowest BCUT2D eigenvalue weighted by molar-refractivity contribution is 0.0966. The minimum Gasteiger partial charge on any atom is -0.292 e. The van der Waals surface area contributed by atoms with E-state index in [-0.39, 0.29) is 17.9 Å². The third-order valence-corrected chi connectivity index (χ3v) is 3.40. The van der Waals surface area contributed by atoms with Gasteiger partial charge in [0.15, 0.2) is 5.78 Å². The minimum absolute atomic E-state index is 0.189. The number of nitrogens with zero attached hydrogens (tertiary/aromatic N) is 2. The molecular weight excluding hydrogens is 295 g/mol. The van der Waals surface area contributed by atoms with Crippen LogP contribution in [0.25, 0.3) is 11.3 Å². The molecule has 0 fully saturated rings. The normalized spacial score (nSPS) is 10.5. The molecule has 0 radical (unpaired) electrons. The number of rotatable bonds is 4. The predicted octanol–water partition coefficient (Wildman–Crippen LogP) is 2.93. The summed E-state index contributed by atoms with van der Waals surface area (Å²) >= 11 is 0. The number of halogens is 1. The van der Waals surface area contributed by atoms with Gasteiger partial charge in [-0.05, 0) is 30.3 Å². The van der Waals surface area contributed by atoms with Crippen molar-refractivity contribution >= 4 is 5.78 Å². The molecule has 0 saturated heterocycles. The monoisotopic (exact) mass is 308 g/mol. The highest BCUT2D eigenvalue weighted by Crippen LogP contribution is 2.14. The number of benzene rings is 2. The molecule has 0 atom stereocenters. The second kappa shape index (κ2) is 6.36. The molecule has 114 valence electrons. The molecule has 0 unspecified atom stereocenters. The van der Waals surface area contributed by atoms with Gasteiger partial charge in [0.05, 0.1) is 5.69 Å². The molecule has 0 N–H and O–H groups in total. The molecule has 0 bridgehead atoms. The smallest absolute Gasteiger partial charge is 0.267 e. The summed E-state index contributed by atoms with van der Waals surface area (Å²) in [6.45, 7) is -0.189. The van der Waals surface area contributed by atoms with Crippen LogP contribution in [-0.2, 0) is 6.54 Å². The van der Waals surface area contributed by atoms with Gasteiger partial charge >= 0.3 is 0 Å². The summed E-state index contributed by atoms with van der Waals surface area (Å²) in [5.74, 6) is -0.715. The number of Topliss-reactive ketones (excluding diaryl/α,β-unsaturated/α-hetero) is 1. The lowest BCUT2D eigenvalue weighted by atomic mass is 10.1. The van der Waals surface area contributed by atoms with E-state index in [1.54, 1.807) is 6.07 Å². The summed E-state index contributed by atoms with van der Waals surface area (Å²) in [5, 5.41) is 4.23. The standard InChI is InChI=1S/C18H13FN2O2/c19-15-8-6-14(7-9-15)17(22)12-21-18(23)11-10-16(20-21)13-4-2-1-3-5-13/h1-11H,12H2. The third kappa shape index (κ3) is 3.40. The van der Waals surface area contributed by atoms with E-state index in [1.807, 2.05) is 30.3 Å². The van der Waals surface area contributed by atoms with Gasteiger partial charge in [-0.15, -0.1) is 0 Å². The zero-order valence-electron chi connectivity index (χ0n) is 12.1. The molecular formula is C18H13FN2O2. The molecule has 0 amide bonds. The Hall–Kier alpha value is -3.08. The summed E-state index contributed by atoms with van der Waals surface area (Å²) in [7, 11) is 0. The predicted molar refractivity (Wildman–Crippen MR) is 84.7 cm³/mol. The molecule has 0 spiro atoms. The Balaban J connectivity index is 1.89. The molecule has 0 saturated carbocycles. The fourth-order valence-electron chi connectivity index (χ4n) is 2.19. The van der Waals surface area contributed by atoms with Gasteiger partial charge < -0.3 is 0 Å². The van der Waals surface area contributed by atoms with E-state index in [4.69, 9.17) is 0 Å². The van der Waals surface area contributed by atoms with Gasteiger partial charge in [0, 0.05) is 17.2 Å². The molecule has 0 aliphatic heterocycles. The second-order valence-electron chi connectivity index (χ2n) is 5.01. The first-order valence-corrected chi connectivity index (χ1v) is 7.06. The molecule has 23 heavy (non-hydrogen) atoms. The van der Waals surface area contributed by atoms with Crippen LogP contribution < -0.4 is 5.56 Å². The van der Waals surface area contributed by atoms with E-state index < -0.39 is 5.82 Å². The van der Waals surface area contributed by atoms with Crippen molar-refractivity contribution in [3.63, 3.8) is 0 Å². The molecule has 1 heterocycles. The maximum Gasteiger partial charge on any atom is 0.267 e. The molecule has 0 aliphatic rings. The molecule has 0 aliphatic carbocycles. The Morgan fingerprint density at radius 3 is 2.35 bits per heavy atom. The quantitative estimate of drug-likeness (QED) is 0.696. The van der Waals surface area contributed by atoms with Gasteiger partial charge in [-0.2, -0.15) is 5.10 Å². The topological polar surface area (TPSA) is 52.0 Å². The zero-order chi connectivity index (χ0) is 16.2. The molecule has 3 aromatic rings. The van der Waals surface area contributed by atoms with Crippen LogP contribution in [0.4, 0.5) is 4.39 Å². The second-order valence-corrected chi connectivity index (χ2v) is 5.01. The van der Waals surface area contributed by atoms with Crippen LogP contribution in [0.1, 0.15) is 10.4 Å². The van der Waals surface area contributed by atoms with Crippen molar-refractivity contribution in [3.8, 4) is 11.3 Å². The summed E-state index contributed by atoms with van der Waals surface area (Å²) in [4.78, 5) is 24.1. The number of hydrogen-bond donors (Lipinski definition) is 0. The van der Waals surface area contributed by atoms with E-state index in [2.05, 4.69) is 5.10 Å². The van der Waals surface area contributed by atoms with Crippen LogP contribution in [0, 0.1) is 5.82 Å². The number of ketones is 1. The third-order valence-electron chi connectivity index (χ3n) is 3.40. The van der Waals surface area contributed by atoms with E-state index in [0.29, 0.717) is 11.3 Å². The van der Waals surface area contributed by atoms with Gasteiger partial charge in [-0.25, -0.2) is 9.07 Å². The van der Waals surface area contributed by atoms with E-state index in [9.17, 15) is 14.0 Å². The van der Waals surface area contributed by atoms with Crippen LogP contribution in [0.2, 0.25) is 0 Å². The van der Waals surface area contributed by atoms with Crippen LogP contribution in [0.3, 0.4) is 0 Å². The molecule has 4 nitrogen and oxygen atoms in total. The fraction of sp³-hybridized carbons (Fsp3) is 0.0556. The van der Waals surface area contributed by atoms with E-state index in [1.165, 1.54) is 30.3 Å². The van der Waals surface area contributed by atoms with E-state index in [0.717, 1.165) is 10.2 Å². The first-order chi connectivity index (χ1) is 11.1. The van der Waals surface area contributed by atoms with Crippen LogP contribution in [-0.4, -0.2) is 15.6 Å². The first kappa shape index (κ1) is 14.8. The van der Waals surface area contributed by atoms with Crippen LogP contribution >= 0.6 is 0 Å². The Bertz CT molecular complexity index is 887. The van der Waals surface area contributed by atoms with E-state index >= 15 is 0 Å². The van der Waals surface area contributed by atoms with Crippen LogP contribution in [0.15, 0.2) is 71.5 Å². The van der Waals surface area contributed by atoms with Gasteiger partial charge in [0.25, 0.3) is 5.56 Å². The van der Waals surface area contributed by atoms with Gasteiger partial charge in [0.2, 0.25) is 0 Å². The Morgan fingerprint density at radius 2 is 1.65 bits per heavy atom. The number of carbonyl (C=O) groups excluding carboxylic acids is 1. The maximum atomic E-state index is 12.9. The van der Waals surface area contributed by atoms with Crippen molar-refractivity contribution in [1.82, 2.24) is 9.78 Å². The zero-order valence-corrected chi connectivity index (χ0v) is 12.1. The molecule has 3 rings (SSSR count). The Kier molecular flexibility index (Phi) is 4.10. The molecule has 2 aromatic carbocycles. The van der Waals surface area contributed by atoms with Crippen molar-refractivity contribution in [2.75, 3.05) is 0 Å². The average molecular weight is 308 g/mol. The lowest BCUT2D eigenvalue weighted by Gasteiger charge is -2.07. The van der Waals surface area contributed by atoms with Gasteiger partial charge in [-0.1, -0.05) is 30.3 Å². The van der Waals surface area contributed by atoms with Crippen molar-refractivity contribution in [2.45, 2.75) is 6.54 Å². The molecule has 5 heteroatoms. The van der Waals surface area contributed by atoms with Crippen molar-refractivity contribution in [2.24, 2.45) is 0 Å². The molecule has 1 aromatic heterocycles. The van der Waals surface area contributed by atoms with Gasteiger partial charge in [0.1, 0.15) is 12.4 Å². The van der Waals surface area contributed by atoms with Crippen molar-refractivity contribution in [1.29, 1.82) is 0 Å². The maximum absolute atomic E-state index is 12.9. The minimum atomic E-state index is -0.414. The number of carbonyl (C=O) groups is 1. The Labute approximate surface area is 131 Å². The lowest BCUT2D eigenvalue weighted by Crippen LogP contribution is -2.26. The Morgan fingerprint density at radius 1 is 0.957 bits per heavy atom. The highest BCUT2D eigenvalue weighted by atomic mass is 19.1.